The number of rotatable bonds is 3. The lowest BCUT2D eigenvalue weighted by Crippen LogP contribution is -2.29. The van der Waals surface area contributed by atoms with Gasteiger partial charge in [-0.25, -0.2) is 5.43 Å². The third kappa shape index (κ3) is 1.96. The summed E-state index contributed by atoms with van der Waals surface area (Å²) in [6.07, 6.45) is 1.88. The summed E-state index contributed by atoms with van der Waals surface area (Å²) in [7, 11) is 1.94. The second-order valence-electron chi connectivity index (χ2n) is 4.59. The summed E-state index contributed by atoms with van der Waals surface area (Å²) in [4.78, 5) is 0. The lowest BCUT2D eigenvalue weighted by Gasteiger charge is -2.17. The third-order valence-corrected chi connectivity index (χ3v) is 4.55. The molecular formula is C14H16N4S. The number of nitrogens with two attached hydrogens (primary N) is 1. The quantitative estimate of drug-likeness (QED) is 0.569. The van der Waals surface area contributed by atoms with Crippen molar-refractivity contribution >= 4 is 21.4 Å². The zero-order chi connectivity index (χ0) is 13.4. The predicted octanol–water partition coefficient (Wildman–Crippen LogP) is 2.50. The molecule has 0 radical (unpaired) electrons. The zero-order valence-corrected chi connectivity index (χ0v) is 11.7. The largest absolute Gasteiger partial charge is 0.273 e. The summed E-state index contributed by atoms with van der Waals surface area (Å²) < 4.78 is 3.14. The van der Waals surface area contributed by atoms with Gasteiger partial charge in [-0.15, -0.1) is 11.3 Å². The molecule has 0 saturated carbocycles. The summed E-state index contributed by atoms with van der Waals surface area (Å²) in [6.45, 7) is 2.06. The smallest absolute Gasteiger partial charge is 0.0757 e. The van der Waals surface area contributed by atoms with E-state index in [0.29, 0.717) is 0 Å². The maximum atomic E-state index is 5.79. The SMILES string of the molecule is Cc1c(C(NN)c2cccc3ccsc23)cnn1C. The summed E-state index contributed by atoms with van der Waals surface area (Å²) >= 11 is 1.74. The van der Waals surface area contributed by atoms with Crippen LogP contribution in [0.3, 0.4) is 0 Å². The fraction of sp³-hybridized carbons (Fsp3) is 0.214. The fourth-order valence-electron chi connectivity index (χ4n) is 2.39. The molecule has 98 valence electrons. The van der Waals surface area contributed by atoms with Crippen LogP contribution in [0.1, 0.15) is 22.9 Å². The van der Waals surface area contributed by atoms with Crippen molar-refractivity contribution in [2.75, 3.05) is 0 Å². The number of nitrogens with one attached hydrogen (secondary N) is 1. The Hall–Kier alpha value is -1.69. The Balaban J connectivity index is 2.17. The number of aromatic nitrogens is 2. The molecule has 5 heteroatoms. The summed E-state index contributed by atoms with van der Waals surface area (Å²) in [5.41, 5.74) is 6.36. The number of fused-ring (bicyclic) bond motifs is 1. The normalized spacial score (nSPS) is 13.0. The van der Waals surface area contributed by atoms with Gasteiger partial charge in [0.15, 0.2) is 0 Å². The van der Waals surface area contributed by atoms with Crippen molar-refractivity contribution in [2.45, 2.75) is 13.0 Å². The van der Waals surface area contributed by atoms with Gasteiger partial charge in [0.1, 0.15) is 0 Å². The van der Waals surface area contributed by atoms with E-state index in [1.54, 1.807) is 11.3 Å². The van der Waals surface area contributed by atoms with Crippen LogP contribution in [-0.2, 0) is 7.05 Å². The van der Waals surface area contributed by atoms with Gasteiger partial charge in [-0.1, -0.05) is 18.2 Å². The maximum absolute atomic E-state index is 5.79. The molecule has 1 aromatic carbocycles. The summed E-state index contributed by atoms with van der Waals surface area (Å²) in [5, 5.41) is 7.67. The highest BCUT2D eigenvalue weighted by atomic mass is 32.1. The monoisotopic (exact) mass is 272 g/mol. The van der Waals surface area contributed by atoms with Crippen LogP contribution in [0.2, 0.25) is 0 Å². The van der Waals surface area contributed by atoms with E-state index in [0.717, 1.165) is 11.3 Å². The molecule has 0 bridgehead atoms. The second-order valence-corrected chi connectivity index (χ2v) is 5.51. The van der Waals surface area contributed by atoms with Crippen molar-refractivity contribution in [2.24, 2.45) is 12.9 Å². The van der Waals surface area contributed by atoms with E-state index in [1.807, 2.05) is 17.9 Å². The lowest BCUT2D eigenvalue weighted by molar-refractivity contribution is 0.634. The van der Waals surface area contributed by atoms with E-state index < -0.39 is 0 Å². The first-order valence-electron chi connectivity index (χ1n) is 6.13. The fourth-order valence-corrected chi connectivity index (χ4v) is 3.33. The Morgan fingerprint density at radius 3 is 2.84 bits per heavy atom. The van der Waals surface area contributed by atoms with Gasteiger partial charge in [0.05, 0.1) is 12.2 Å². The molecule has 2 heterocycles. The number of hydrogen-bond donors (Lipinski definition) is 2. The predicted molar refractivity (Wildman–Crippen MR) is 78.9 cm³/mol. The molecule has 0 aliphatic carbocycles. The van der Waals surface area contributed by atoms with Crippen molar-refractivity contribution in [3.8, 4) is 0 Å². The average molecular weight is 272 g/mol. The van der Waals surface area contributed by atoms with Gasteiger partial charge in [-0.3, -0.25) is 10.5 Å². The van der Waals surface area contributed by atoms with Crippen molar-refractivity contribution in [3.63, 3.8) is 0 Å². The van der Waals surface area contributed by atoms with E-state index in [2.05, 4.69) is 47.1 Å². The average Bonchev–Trinajstić information content (AvgIpc) is 3.01. The first-order valence-corrected chi connectivity index (χ1v) is 7.01. The number of nitrogens with zero attached hydrogens (tertiary/aromatic N) is 2. The van der Waals surface area contributed by atoms with Crippen molar-refractivity contribution < 1.29 is 0 Å². The van der Waals surface area contributed by atoms with Crippen LogP contribution >= 0.6 is 11.3 Å². The zero-order valence-electron chi connectivity index (χ0n) is 10.9. The van der Waals surface area contributed by atoms with E-state index in [1.165, 1.54) is 15.6 Å². The Morgan fingerprint density at radius 1 is 1.32 bits per heavy atom. The molecular weight excluding hydrogens is 256 g/mol. The highest BCUT2D eigenvalue weighted by Crippen LogP contribution is 2.32. The molecule has 3 rings (SSSR count). The standard InChI is InChI=1S/C14H16N4S/c1-9-12(8-16-18(9)2)13(17-15)11-5-3-4-10-6-7-19-14(10)11/h3-8,13,17H,15H2,1-2H3. The number of benzene rings is 1. The number of aryl methyl sites for hydroxylation is 1. The molecule has 3 N–H and O–H groups in total. The van der Waals surface area contributed by atoms with Crippen LogP contribution in [0.15, 0.2) is 35.8 Å². The van der Waals surface area contributed by atoms with Gasteiger partial charge in [-0.05, 0) is 29.3 Å². The van der Waals surface area contributed by atoms with E-state index >= 15 is 0 Å². The summed E-state index contributed by atoms with van der Waals surface area (Å²) in [5.74, 6) is 5.79. The lowest BCUT2D eigenvalue weighted by atomic mass is 9.99. The van der Waals surface area contributed by atoms with Gasteiger partial charge >= 0.3 is 0 Å². The first-order chi connectivity index (χ1) is 9.22. The molecule has 0 amide bonds. The topological polar surface area (TPSA) is 55.9 Å². The Kier molecular flexibility index (Phi) is 3.10. The highest BCUT2D eigenvalue weighted by Gasteiger charge is 2.19. The first kappa shape index (κ1) is 12.3. The van der Waals surface area contributed by atoms with Crippen LogP contribution in [0, 0.1) is 6.92 Å². The molecule has 1 unspecified atom stereocenters. The molecule has 4 nitrogen and oxygen atoms in total. The number of hydrazine groups is 1. The van der Waals surface area contributed by atoms with Gasteiger partial charge < -0.3 is 0 Å². The molecule has 0 aliphatic rings. The van der Waals surface area contributed by atoms with Crippen molar-refractivity contribution in [3.05, 3.63) is 52.7 Å². The van der Waals surface area contributed by atoms with Crippen molar-refractivity contribution in [1.82, 2.24) is 15.2 Å². The van der Waals surface area contributed by atoms with E-state index in [9.17, 15) is 0 Å². The van der Waals surface area contributed by atoms with Crippen LogP contribution in [0.5, 0.6) is 0 Å². The van der Waals surface area contributed by atoms with Crippen LogP contribution in [0.25, 0.3) is 10.1 Å². The van der Waals surface area contributed by atoms with Crippen LogP contribution in [-0.4, -0.2) is 9.78 Å². The van der Waals surface area contributed by atoms with Crippen LogP contribution in [0.4, 0.5) is 0 Å². The minimum atomic E-state index is -0.0314. The number of hydrogen-bond acceptors (Lipinski definition) is 4. The molecule has 0 saturated heterocycles. The van der Waals surface area contributed by atoms with Gasteiger partial charge in [0.25, 0.3) is 0 Å². The maximum Gasteiger partial charge on any atom is 0.0757 e. The Labute approximate surface area is 115 Å². The minimum Gasteiger partial charge on any atom is -0.273 e. The van der Waals surface area contributed by atoms with E-state index in [-0.39, 0.29) is 6.04 Å². The molecule has 3 aromatic rings. The molecule has 2 aromatic heterocycles. The molecule has 1 atom stereocenters. The minimum absolute atomic E-state index is 0.0314. The van der Waals surface area contributed by atoms with Gasteiger partial charge in [-0.2, -0.15) is 5.10 Å². The second kappa shape index (κ2) is 4.77. The molecule has 19 heavy (non-hydrogen) atoms. The molecule has 0 fully saturated rings. The highest BCUT2D eigenvalue weighted by molar-refractivity contribution is 7.17. The van der Waals surface area contributed by atoms with Crippen LogP contribution < -0.4 is 11.3 Å². The Morgan fingerprint density at radius 2 is 2.16 bits per heavy atom. The summed E-state index contributed by atoms with van der Waals surface area (Å²) in [6, 6.07) is 8.42. The van der Waals surface area contributed by atoms with Gasteiger partial charge in [0.2, 0.25) is 0 Å². The van der Waals surface area contributed by atoms with E-state index in [4.69, 9.17) is 5.84 Å². The molecule has 0 aliphatic heterocycles. The number of thiophene rings is 1. The van der Waals surface area contributed by atoms with Gasteiger partial charge in [0, 0.05) is 23.0 Å². The third-order valence-electron chi connectivity index (χ3n) is 3.57. The molecule has 0 spiro atoms. The van der Waals surface area contributed by atoms with Crippen molar-refractivity contribution in [1.29, 1.82) is 0 Å². The Bertz CT molecular complexity index is 713.